The van der Waals surface area contributed by atoms with Gasteiger partial charge in [0, 0.05) is 28.2 Å². The van der Waals surface area contributed by atoms with Gasteiger partial charge in [-0.1, -0.05) is 34.1 Å². The van der Waals surface area contributed by atoms with E-state index in [4.69, 9.17) is 17.0 Å². The fourth-order valence-corrected chi connectivity index (χ4v) is 4.82. The number of halogens is 1. The zero-order valence-electron chi connectivity index (χ0n) is 17.4. The molecular formula is C25H21BrN4OS. The Kier molecular flexibility index (Phi) is 5.68. The molecule has 1 aliphatic rings. The number of anilines is 1. The summed E-state index contributed by atoms with van der Waals surface area (Å²) in [6.45, 7) is 0. The number of hydrogen-bond donors (Lipinski definition) is 1. The fourth-order valence-electron chi connectivity index (χ4n) is 4.22. The number of nitrogens with one attached hydrogen (secondary N) is 1. The Hall–Kier alpha value is -3.16. The fraction of sp³-hybridized carbons (Fsp3) is 0.120. The SMILES string of the molecule is COc1ccccc1N1C(=S)N[C@H](c2ccccn2)[C@@H]1c1cccn1-c1ccc(Br)cc1. The Morgan fingerprint density at radius 2 is 1.75 bits per heavy atom. The van der Waals surface area contributed by atoms with Gasteiger partial charge in [0.2, 0.25) is 0 Å². The van der Waals surface area contributed by atoms with Gasteiger partial charge in [0.25, 0.3) is 0 Å². The van der Waals surface area contributed by atoms with E-state index in [9.17, 15) is 0 Å². The third kappa shape index (κ3) is 3.67. The molecule has 2 aromatic carbocycles. The van der Waals surface area contributed by atoms with Crippen molar-refractivity contribution in [3.05, 3.63) is 107 Å². The summed E-state index contributed by atoms with van der Waals surface area (Å²) in [7, 11) is 1.68. The van der Waals surface area contributed by atoms with E-state index >= 15 is 0 Å². The summed E-state index contributed by atoms with van der Waals surface area (Å²) < 4.78 is 8.93. The smallest absolute Gasteiger partial charge is 0.174 e. The van der Waals surface area contributed by atoms with Crippen LogP contribution in [0.2, 0.25) is 0 Å². The van der Waals surface area contributed by atoms with Crippen molar-refractivity contribution in [3.63, 3.8) is 0 Å². The highest BCUT2D eigenvalue weighted by atomic mass is 79.9. The monoisotopic (exact) mass is 504 g/mol. The second-order valence-corrected chi connectivity index (χ2v) is 8.75. The van der Waals surface area contributed by atoms with Crippen LogP contribution < -0.4 is 15.0 Å². The largest absolute Gasteiger partial charge is 0.495 e. The van der Waals surface area contributed by atoms with Crippen molar-refractivity contribution in [3.8, 4) is 11.4 Å². The quantitative estimate of drug-likeness (QED) is 0.346. The van der Waals surface area contributed by atoms with Gasteiger partial charge in [-0.15, -0.1) is 0 Å². The molecule has 2 atom stereocenters. The maximum absolute atomic E-state index is 5.85. The molecule has 2 aromatic heterocycles. The van der Waals surface area contributed by atoms with Gasteiger partial charge >= 0.3 is 0 Å². The topological polar surface area (TPSA) is 42.3 Å². The number of hydrogen-bond acceptors (Lipinski definition) is 3. The number of aromatic nitrogens is 2. The highest BCUT2D eigenvalue weighted by molar-refractivity contribution is 9.10. The molecule has 5 rings (SSSR count). The van der Waals surface area contributed by atoms with Crippen LogP contribution in [0.4, 0.5) is 5.69 Å². The zero-order valence-corrected chi connectivity index (χ0v) is 19.8. The van der Waals surface area contributed by atoms with Gasteiger partial charge < -0.3 is 19.5 Å². The standard InChI is InChI=1S/C25H21BrN4OS/c1-31-22-10-3-2-8-20(22)30-24(23(28-25(30)32)19-7-4-5-15-27-19)21-9-6-16-29(21)18-13-11-17(26)12-14-18/h2-16,23-24H,1H3,(H,28,32)/t23-,24+/m1/s1. The average Bonchev–Trinajstić information content (AvgIpc) is 3.44. The molecule has 1 saturated heterocycles. The first kappa shape index (κ1) is 20.7. The minimum atomic E-state index is -0.132. The van der Waals surface area contributed by atoms with Gasteiger partial charge in [-0.25, -0.2) is 0 Å². The van der Waals surface area contributed by atoms with Crippen molar-refractivity contribution in [2.45, 2.75) is 12.1 Å². The lowest BCUT2D eigenvalue weighted by Gasteiger charge is -2.30. The van der Waals surface area contributed by atoms with Gasteiger partial charge in [-0.05, 0) is 72.9 Å². The summed E-state index contributed by atoms with van der Waals surface area (Å²) in [4.78, 5) is 6.78. The first-order chi connectivity index (χ1) is 15.7. The molecule has 1 aliphatic heterocycles. The maximum atomic E-state index is 5.85. The van der Waals surface area contributed by atoms with Crippen molar-refractivity contribution in [1.29, 1.82) is 0 Å². The third-order valence-corrected chi connectivity index (χ3v) is 6.47. The summed E-state index contributed by atoms with van der Waals surface area (Å²) in [6, 6.07) is 26.1. The highest BCUT2D eigenvalue weighted by Gasteiger charge is 2.43. The second kappa shape index (κ2) is 8.76. The third-order valence-electron chi connectivity index (χ3n) is 5.63. The lowest BCUT2D eigenvalue weighted by molar-refractivity contribution is 0.414. The number of methoxy groups -OCH3 is 1. The minimum absolute atomic E-state index is 0.127. The van der Waals surface area contributed by atoms with Crippen LogP contribution >= 0.6 is 28.1 Å². The summed E-state index contributed by atoms with van der Waals surface area (Å²) in [5, 5.41) is 4.15. The van der Waals surface area contributed by atoms with Crippen molar-refractivity contribution >= 4 is 38.9 Å². The van der Waals surface area contributed by atoms with Gasteiger partial charge in [0.05, 0.1) is 24.5 Å². The number of pyridine rings is 1. The first-order valence-corrected chi connectivity index (χ1v) is 11.4. The predicted molar refractivity (Wildman–Crippen MR) is 134 cm³/mol. The van der Waals surface area contributed by atoms with Gasteiger partial charge in [0.15, 0.2) is 5.11 Å². The van der Waals surface area contributed by atoms with Crippen LogP contribution in [0.5, 0.6) is 5.75 Å². The van der Waals surface area contributed by atoms with Crippen LogP contribution in [0.3, 0.4) is 0 Å². The Bertz CT molecular complexity index is 1240. The van der Waals surface area contributed by atoms with Crippen LogP contribution in [-0.2, 0) is 0 Å². The molecule has 1 N–H and O–H groups in total. The van der Waals surface area contributed by atoms with Crippen LogP contribution in [0, 0.1) is 0 Å². The molecule has 0 saturated carbocycles. The molecule has 0 amide bonds. The molecule has 32 heavy (non-hydrogen) atoms. The van der Waals surface area contributed by atoms with E-state index < -0.39 is 0 Å². The summed E-state index contributed by atoms with van der Waals surface area (Å²) in [6.07, 6.45) is 3.90. The molecule has 1 fully saturated rings. The van der Waals surface area contributed by atoms with Crippen LogP contribution in [0.1, 0.15) is 23.5 Å². The Labute approximate surface area is 200 Å². The lowest BCUT2D eigenvalue weighted by Crippen LogP contribution is -2.30. The zero-order chi connectivity index (χ0) is 22.1. The van der Waals surface area contributed by atoms with E-state index in [1.807, 2.05) is 60.8 Å². The Morgan fingerprint density at radius 3 is 2.50 bits per heavy atom. The van der Waals surface area contributed by atoms with Crippen molar-refractivity contribution < 1.29 is 4.74 Å². The Morgan fingerprint density at radius 1 is 0.969 bits per heavy atom. The van der Waals surface area contributed by atoms with Crippen LogP contribution in [0.25, 0.3) is 5.69 Å². The van der Waals surface area contributed by atoms with Crippen LogP contribution in [-0.4, -0.2) is 21.8 Å². The van der Waals surface area contributed by atoms with Crippen LogP contribution in [0.15, 0.2) is 95.7 Å². The van der Waals surface area contributed by atoms with Gasteiger partial charge in [0.1, 0.15) is 11.8 Å². The van der Waals surface area contributed by atoms with E-state index in [1.165, 1.54) is 0 Å². The number of para-hydroxylation sites is 2. The van der Waals surface area contributed by atoms with E-state index in [0.717, 1.165) is 33.0 Å². The minimum Gasteiger partial charge on any atom is -0.495 e. The summed E-state index contributed by atoms with van der Waals surface area (Å²) >= 11 is 9.38. The van der Waals surface area contributed by atoms with Crippen molar-refractivity contribution in [2.24, 2.45) is 0 Å². The van der Waals surface area contributed by atoms with E-state index in [2.05, 4.69) is 66.2 Å². The molecule has 0 unspecified atom stereocenters. The Balaban J connectivity index is 1.68. The van der Waals surface area contributed by atoms with Gasteiger partial charge in [-0.3, -0.25) is 4.98 Å². The molecular weight excluding hydrogens is 484 g/mol. The molecule has 4 aromatic rings. The molecule has 160 valence electrons. The first-order valence-electron chi connectivity index (χ1n) is 10.2. The average molecular weight is 505 g/mol. The number of ether oxygens (including phenoxy) is 1. The normalized spacial score (nSPS) is 17.9. The number of nitrogens with zero attached hydrogens (tertiary/aromatic N) is 3. The van der Waals surface area contributed by atoms with E-state index in [1.54, 1.807) is 7.11 Å². The molecule has 5 nitrogen and oxygen atoms in total. The lowest BCUT2D eigenvalue weighted by atomic mass is 10.0. The summed E-state index contributed by atoms with van der Waals surface area (Å²) in [5.74, 6) is 0.769. The summed E-state index contributed by atoms with van der Waals surface area (Å²) in [5.41, 5.74) is 4.02. The molecule has 7 heteroatoms. The highest BCUT2D eigenvalue weighted by Crippen LogP contribution is 2.44. The van der Waals surface area contributed by atoms with E-state index in [-0.39, 0.29) is 12.1 Å². The number of thiocarbonyl (C=S) groups is 1. The molecule has 0 spiro atoms. The number of rotatable bonds is 5. The molecule has 0 bridgehead atoms. The number of benzene rings is 2. The predicted octanol–water partition coefficient (Wildman–Crippen LogP) is 5.82. The van der Waals surface area contributed by atoms with Crippen molar-refractivity contribution in [2.75, 3.05) is 12.0 Å². The van der Waals surface area contributed by atoms with Gasteiger partial charge in [-0.2, -0.15) is 0 Å². The van der Waals surface area contributed by atoms with Crippen molar-refractivity contribution in [1.82, 2.24) is 14.9 Å². The molecule has 0 radical (unpaired) electrons. The maximum Gasteiger partial charge on any atom is 0.174 e. The molecule has 3 heterocycles. The van der Waals surface area contributed by atoms with E-state index in [0.29, 0.717) is 5.11 Å². The second-order valence-electron chi connectivity index (χ2n) is 7.45. The molecule has 0 aliphatic carbocycles.